The first-order chi connectivity index (χ1) is 13.9. The molecule has 1 unspecified atom stereocenters. The van der Waals surface area contributed by atoms with Crippen molar-refractivity contribution in [1.82, 2.24) is 9.80 Å². The highest BCUT2D eigenvalue weighted by atomic mass is 16.2. The molecule has 1 saturated carbocycles. The summed E-state index contributed by atoms with van der Waals surface area (Å²) < 4.78 is 0. The molecule has 0 radical (unpaired) electrons. The van der Waals surface area contributed by atoms with Gasteiger partial charge in [-0.05, 0) is 48.4 Å². The van der Waals surface area contributed by atoms with Crippen LogP contribution in [0, 0.1) is 5.92 Å². The molecule has 29 heavy (non-hydrogen) atoms. The average Bonchev–Trinajstić information content (AvgIpc) is 3.19. The van der Waals surface area contributed by atoms with Crippen molar-refractivity contribution in [1.29, 1.82) is 0 Å². The molecule has 1 aliphatic heterocycles. The van der Waals surface area contributed by atoms with Crippen molar-refractivity contribution in [2.24, 2.45) is 5.92 Å². The molecule has 1 aromatic carbocycles. The van der Waals surface area contributed by atoms with Gasteiger partial charge in [0, 0.05) is 45.6 Å². The Balaban J connectivity index is 1.81. The van der Waals surface area contributed by atoms with Gasteiger partial charge in [-0.1, -0.05) is 25.8 Å². The van der Waals surface area contributed by atoms with Crippen molar-refractivity contribution in [3.63, 3.8) is 0 Å². The highest BCUT2D eigenvalue weighted by Gasteiger charge is 2.36. The monoisotopic (exact) mass is 399 g/mol. The molecule has 0 saturated heterocycles. The molecule has 0 spiro atoms. The third-order valence-corrected chi connectivity index (χ3v) is 6.08. The fourth-order valence-electron chi connectivity index (χ4n) is 4.47. The van der Waals surface area contributed by atoms with Crippen LogP contribution in [-0.2, 0) is 27.3 Å². The number of carbonyl (C=O) groups excluding carboxylic acids is 3. The summed E-state index contributed by atoms with van der Waals surface area (Å²) in [7, 11) is 3.48. The van der Waals surface area contributed by atoms with Crippen molar-refractivity contribution in [2.75, 3.05) is 19.4 Å². The molecular formula is C23H33N3O3. The lowest BCUT2D eigenvalue weighted by atomic mass is 9.91. The third kappa shape index (κ3) is 5.17. The van der Waals surface area contributed by atoms with E-state index in [-0.39, 0.29) is 17.7 Å². The maximum atomic E-state index is 13.1. The van der Waals surface area contributed by atoms with Gasteiger partial charge in [-0.15, -0.1) is 0 Å². The van der Waals surface area contributed by atoms with Crippen LogP contribution in [-0.4, -0.2) is 47.7 Å². The van der Waals surface area contributed by atoms with Crippen molar-refractivity contribution < 1.29 is 14.4 Å². The molecule has 0 aromatic heterocycles. The lowest BCUT2D eigenvalue weighted by molar-refractivity contribution is -0.146. The number of amides is 3. The number of fused-ring (bicyclic) bond motifs is 1. The van der Waals surface area contributed by atoms with Gasteiger partial charge in [0.1, 0.15) is 6.04 Å². The predicted octanol–water partition coefficient (Wildman–Crippen LogP) is 3.35. The number of likely N-dealkylation sites (N-methyl/N-ethyl adjacent to an activating group) is 1. The Kier molecular flexibility index (Phi) is 6.93. The van der Waals surface area contributed by atoms with E-state index in [1.807, 2.05) is 25.1 Å². The molecule has 6 nitrogen and oxygen atoms in total. The number of anilines is 1. The van der Waals surface area contributed by atoms with Gasteiger partial charge in [-0.3, -0.25) is 14.4 Å². The van der Waals surface area contributed by atoms with E-state index in [4.69, 9.17) is 0 Å². The summed E-state index contributed by atoms with van der Waals surface area (Å²) in [6, 6.07) is 5.37. The second-order valence-electron chi connectivity index (χ2n) is 8.61. The largest absolute Gasteiger partial charge is 0.347 e. The van der Waals surface area contributed by atoms with Crippen molar-refractivity contribution >= 4 is 23.4 Å². The van der Waals surface area contributed by atoms with Gasteiger partial charge in [-0.25, -0.2) is 0 Å². The Morgan fingerprint density at radius 1 is 1.14 bits per heavy atom. The second-order valence-corrected chi connectivity index (χ2v) is 8.61. The first-order valence-electron chi connectivity index (χ1n) is 10.8. The number of hydrogen-bond acceptors (Lipinski definition) is 3. The van der Waals surface area contributed by atoms with Crippen LogP contribution in [0.2, 0.25) is 0 Å². The molecule has 1 atom stereocenters. The number of benzene rings is 1. The fourth-order valence-corrected chi connectivity index (χ4v) is 4.47. The number of carbonyl (C=O) groups is 3. The molecule has 1 aromatic rings. The van der Waals surface area contributed by atoms with Crippen LogP contribution in [0.5, 0.6) is 0 Å². The van der Waals surface area contributed by atoms with E-state index >= 15 is 0 Å². The summed E-state index contributed by atoms with van der Waals surface area (Å²) in [4.78, 5) is 41.2. The van der Waals surface area contributed by atoms with Crippen molar-refractivity contribution in [2.45, 2.75) is 70.9 Å². The van der Waals surface area contributed by atoms with E-state index in [2.05, 4.69) is 5.32 Å². The summed E-state index contributed by atoms with van der Waals surface area (Å²) in [6.45, 7) is 2.39. The van der Waals surface area contributed by atoms with Crippen LogP contribution in [0.25, 0.3) is 0 Å². The smallest absolute Gasteiger partial charge is 0.245 e. The highest BCUT2D eigenvalue weighted by Crippen LogP contribution is 2.31. The number of nitrogens with zero attached hydrogens (tertiary/aromatic N) is 2. The standard InChI is InChI=1S/C23H33N3O3/c1-4-7-21(27)24-19-11-10-17-14-20(23(29)25(2)3)26(15-18(17)13-19)22(28)12-16-8-5-6-9-16/h10-11,13,16,20H,4-9,12,14-15H2,1-3H3,(H,24,27). The van der Waals surface area contributed by atoms with Gasteiger partial charge >= 0.3 is 0 Å². The summed E-state index contributed by atoms with van der Waals surface area (Å²) >= 11 is 0. The van der Waals surface area contributed by atoms with Gasteiger partial charge < -0.3 is 15.1 Å². The molecule has 3 amide bonds. The summed E-state index contributed by atoms with van der Waals surface area (Å²) in [5.41, 5.74) is 2.84. The Morgan fingerprint density at radius 2 is 1.86 bits per heavy atom. The molecule has 6 heteroatoms. The zero-order valence-corrected chi connectivity index (χ0v) is 17.9. The first-order valence-corrected chi connectivity index (χ1v) is 10.8. The number of rotatable bonds is 6. The lowest BCUT2D eigenvalue weighted by Gasteiger charge is -2.38. The minimum Gasteiger partial charge on any atom is -0.347 e. The summed E-state index contributed by atoms with van der Waals surface area (Å²) in [5.74, 6) is 0.482. The summed E-state index contributed by atoms with van der Waals surface area (Å²) in [5, 5.41) is 2.93. The Morgan fingerprint density at radius 3 is 2.52 bits per heavy atom. The predicted molar refractivity (Wildman–Crippen MR) is 113 cm³/mol. The molecule has 0 bridgehead atoms. The SMILES string of the molecule is CCCC(=O)Nc1ccc2c(c1)CN(C(=O)CC1CCCC1)C(C(=O)N(C)C)C2. The van der Waals surface area contributed by atoms with Crippen LogP contribution in [0.15, 0.2) is 18.2 Å². The van der Waals surface area contributed by atoms with Gasteiger partial charge in [-0.2, -0.15) is 0 Å². The van der Waals surface area contributed by atoms with Crippen LogP contribution in [0.4, 0.5) is 5.69 Å². The molecular weight excluding hydrogens is 366 g/mol. The Hall–Kier alpha value is -2.37. The van der Waals surface area contributed by atoms with E-state index in [0.717, 1.165) is 36.1 Å². The lowest BCUT2D eigenvalue weighted by Crippen LogP contribution is -2.52. The van der Waals surface area contributed by atoms with Crippen molar-refractivity contribution in [3.05, 3.63) is 29.3 Å². The van der Waals surface area contributed by atoms with E-state index in [1.165, 1.54) is 12.8 Å². The number of nitrogens with one attached hydrogen (secondary N) is 1. The van der Waals surface area contributed by atoms with E-state index < -0.39 is 6.04 Å². The third-order valence-electron chi connectivity index (χ3n) is 6.08. The second kappa shape index (κ2) is 9.42. The van der Waals surface area contributed by atoms with E-state index in [1.54, 1.807) is 23.9 Å². The minimum atomic E-state index is -0.452. The Bertz CT molecular complexity index is 769. The molecule has 1 fully saturated rings. The van der Waals surface area contributed by atoms with E-state index in [0.29, 0.717) is 31.7 Å². The van der Waals surface area contributed by atoms with Gasteiger partial charge in [0.25, 0.3) is 0 Å². The maximum Gasteiger partial charge on any atom is 0.245 e. The Labute approximate surface area is 173 Å². The normalized spacial score (nSPS) is 19.0. The molecule has 1 heterocycles. The molecule has 1 N–H and O–H groups in total. The zero-order valence-electron chi connectivity index (χ0n) is 17.9. The molecule has 2 aliphatic rings. The fraction of sp³-hybridized carbons (Fsp3) is 0.609. The van der Waals surface area contributed by atoms with Crippen molar-refractivity contribution in [3.8, 4) is 0 Å². The number of hydrogen-bond donors (Lipinski definition) is 1. The maximum absolute atomic E-state index is 13.1. The van der Waals surface area contributed by atoms with Crippen LogP contribution < -0.4 is 5.32 Å². The molecule has 1 aliphatic carbocycles. The minimum absolute atomic E-state index is 0.00177. The quantitative estimate of drug-likeness (QED) is 0.798. The summed E-state index contributed by atoms with van der Waals surface area (Å²) in [6.07, 6.45) is 6.94. The first kappa shape index (κ1) is 21.3. The van der Waals surface area contributed by atoms with Gasteiger partial charge in [0.2, 0.25) is 17.7 Å². The zero-order chi connectivity index (χ0) is 21.0. The van der Waals surface area contributed by atoms with Crippen LogP contribution >= 0.6 is 0 Å². The van der Waals surface area contributed by atoms with E-state index in [9.17, 15) is 14.4 Å². The molecule has 3 rings (SSSR count). The average molecular weight is 400 g/mol. The topological polar surface area (TPSA) is 69.7 Å². The van der Waals surface area contributed by atoms with Gasteiger partial charge in [0.15, 0.2) is 0 Å². The molecule has 158 valence electrons. The van der Waals surface area contributed by atoms with Crippen LogP contribution in [0.3, 0.4) is 0 Å². The van der Waals surface area contributed by atoms with Gasteiger partial charge in [0.05, 0.1) is 0 Å². The van der Waals surface area contributed by atoms with Crippen LogP contribution in [0.1, 0.15) is 63.0 Å². The highest BCUT2D eigenvalue weighted by molar-refractivity contribution is 5.91.